The summed E-state index contributed by atoms with van der Waals surface area (Å²) in [5, 5.41) is 9.40. The number of anilines is 1. The van der Waals surface area contributed by atoms with Gasteiger partial charge in [-0.1, -0.05) is 6.92 Å². The molecule has 1 aromatic heterocycles. The molecule has 20 heavy (non-hydrogen) atoms. The van der Waals surface area contributed by atoms with Gasteiger partial charge in [0.25, 0.3) is 0 Å². The van der Waals surface area contributed by atoms with Gasteiger partial charge >= 0.3 is 5.97 Å². The average Bonchev–Trinajstić information content (AvgIpc) is 3.18. The van der Waals surface area contributed by atoms with Gasteiger partial charge in [-0.2, -0.15) is 0 Å². The van der Waals surface area contributed by atoms with Crippen LogP contribution >= 0.6 is 0 Å². The molecule has 108 valence electrons. The van der Waals surface area contributed by atoms with Crippen molar-refractivity contribution in [3.8, 4) is 0 Å². The van der Waals surface area contributed by atoms with Crippen LogP contribution in [0.2, 0.25) is 0 Å². The van der Waals surface area contributed by atoms with E-state index in [9.17, 15) is 9.90 Å². The van der Waals surface area contributed by atoms with Crippen molar-refractivity contribution in [2.24, 2.45) is 17.8 Å². The van der Waals surface area contributed by atoms with Crippen LogP contribution in [-0.4, -0.2) is 34.1 Å². The third kappa shape index (κ3) is 2.37. The monoisotopic (exact) mass is 275 g/mol. The number of nitrogens with zero attached hydrogens (tertiary/aromatic N) is 3. The van der Waals surface area contributed by atoms with Crippen molar-refractivity contribution in [3.05, 3.63) is 17.5 Å². The molecular weight excluding hydrogens is 254 g/mol. The van der Waals surface area contributed by atoms with Crippen molar-refractivity contribution in [2.75, 3.05) is 18.0 Å². The van der Waals surface area contributed by atoms with E-state index in [1.165, 1.54) is 12.8 Å². The second kappa shape index (κ2) is 5.04. The van der Waals surface area contributed by atoms with E-state index >= 15 is 0 Å². The van der Waals surface area contributed by atoms with Gasteiger partial charge < -0.3 is 10.0 Å². The minimum atomic E-state index is -0.674. The predicted octanol–water partition coefficient (Wildman–Crippen LogP) is 1.89. The Morgan fingerprint density at radius 3 is 2.80 bits per heavy atom. The molecule has 1 aliphatic carbocycles. The smallest absolute Gasteiger partial charge is 0.308 e. The summed E-state index contributed by atoms with van der Waals surface area (Å²) in [5.74, 6) is 0.617. The molecule has 0 unspecified atom stereocenters. The Morgan fingerprint density at radius 2 is 2.20 bits per heavy atom. The van der Waals surface area contributed by atoms with Crippen LogP contribution in [0.1, 0.15) is 31.0 Å². The Kier molecular flexibility index (Phi) is 3.36. The topological polar surface area (TPSA) is 66.3 Å². The molecule has 0 aromatic carbocycles. The van der Waals surface area contributed by atoms with E-state index in [-0.39, 0.29) is 11.8 Å². The Labute approximate surface area is 119 Å². The molecule has 0 amide bonds. The maximum atomic E-state index is 11.4. The van der Waals surface area contributed by atoms with Crippen LogP contribution < -0.4 is 4.90 Å². The zero-order chi connectivity index (χ0) is 14.3. The number of aromatic nitrogens is 2. The van der Waals surface area contributed by atoms with Gasteiger partial charge in [-0.25, -0.2) is 9.97 Å². The fraction of sp³-hybridized carbons (Fsp3) is 0.667. The maximum Gasteiger partial charge on any atom is 0.308 e. The highest BCUT2D eigenvalue weighted by atomic mass is 16.4. The molecule has 2 atom stereocenters. The summed E-state index contributed by atoms with van der Waals surface area (Å²) in [4.78, 5) is 22.5. The summed E-state index contributed by atoms with van der Waals surface area (Å²) in [7, 11) is 0. The molecule has 1 saturated heterocycles. The highest BCUT2D eigenvalue weighted by molar-refractivity contribution is 5.72. The number of carboxylic acid groups (broad SMARTS) is 1. The zero-order valence-electron chi connectivity index (χ0n) is 12.0. The Balaban J connectivity index is 1.82. The molecule has 2 aliphatic rings. The third-order valence-corrected chi connectivity index (χ3v) is 4.59. The summed E-state index contributed by atoms with van der Waals surface area (Å²) < 4.78 is 0. The molecule has 2 fully saturated rings. The number of aliphatic carboxylic acids is 1. The van der Waals surface area contributed by atoms with Crippen LogP contribution in [0.5, 0.6) is 0 Å². The van der Waals surface area contributed by atoms with Crippen LogP contribution in [-0.2, 0) is 11.2 Å². The van der Waals surface area contributed by atoms with Crippen molar-refractivity contribution in [3.63, 3.8) is 0 Å². The fourth-order valence-corrected chi connectivity index (χ4v) is 3.23. The summed E-state index contributed by atoms with van der Waals surface area (Å²) in [5.41, 5.74) is 2.15. The summed E-state index contributed by atoms with van der Waals surface area (Å²) in [6.45, 7) is 5.42. The maximum absolute atomic E-state index is 11.4. The van der Waals surface area contributed by atoms with E-state index in [4.69, 9.17) is 0 Å². The zero-order valence-corrected chi connectivity index (χ0v) is 12.0. The Hall–Kier alpha value is -1.65. The number of rotatable bonds is 4. The second-order valence-electron chi connectivity index (χ2n) is 6.00. The van der Waals surface area contributed by atoms with E-state index in [2.05, 4.69) is 21.8 Å². The molecule has 0 spiro atoms. The normalized spacial score (nSPS) is 26.0. The van der Waals surface area contributed by atoms with Gasteiger partial charge in [0.15, 0.2) is 0 Å². The standard InChI is InChI=1S/C15H21N3O2/c1-3-13-9(2)6-16-15(17-13)18-7-11(10-4-5-10)12(8-18)14(19)20/h6,10-12H,3-5,7-8H2,1-2H3,(H,19,20)/t11-,12+/m1/s1. The van der Waals surface area contributed by atoms with Crippen LogP contribution in [0, 0.1) is 24.7 Å². The summed E-state index contributed by atoms with van der Waals surface area (Å²) in [6.07, 6.45) is 5.08. The molecule has 5 heteroatoms. The van der Waals surface area contributed by atoms with Crippen LogP contribution in [0.15, 0.2) is 6.20 Å². The molecule has 1 N–H and O–H groups in total. The van der Waals surface area contributed by atoms with Crippen molar-refractivity contribution in [2.45, 2.75) is 33.1 Å². The number of carboxylic acids is 1. The first kappa shape index (κ1) is 13.3. The lowest BCUT2D eigenvalue weighted by Gasteiger charge is -2.17. The third-order valence-electron chi connectivity index (χ3n) is 4.59. The van der Waals surface area contributed by atoms with Crippen molar-refractivity contribution in [1.29, 1.82) is 0 Å². The van der Waals surface area contributed by atoms with Crippen LogP contribution in [0.25, 0.3) is 0 Å². The number of hydrogen-bond donors (Lipinski definition) is 1. The number of aryl methyl sites for hydroxylation is 2. The molecule has 3 rings (SSSR count). The molecule has 0 radical (unpaired) electrons. The molecule has 0 bridgehead atoms. The van der Waals surface area contributed by atoms with Crippen molar-refractivity contribution >= 4 is 11.9 Å². The van der Waals surface area contributed by atoms with E-state index in [0.717, 1.165) is 24.2 Å². The molecule has 1 aromatic rings. The summed E-state index contributed by atoms with van der Waals surface area (Å²) >= 11 is 0. The Morgan fingerprint density at radius 1 is 1.45 bits per heavy atom. The predicted molar refractivity (Wildman–Crippen MR) is 75.7 cm³/mol. The fourth-order valence-electron chi connectivity index (χ4n) is 3.23. The van der Waals surface area contributed by atoms with E-state index in [1.807, 2.05) is 13.1 Å². The number of carbonyl (C=O) groups is 1. The van der Waals surface area contributed by atoms with E-state index < -0.39 is 5.97 Å². The van der Waals surface area contributed by atoms with E-state index in [1.54, 1.807) is 0 Å². The average molecular weight is 275 g/mol. The molecule has 2 heterocycles. The first-order chi connectivity index (χ1) is 9.60. The van der Waals surface area contributed by atoms with Crippen molar-refractivity contribution in [1.82, 2.24) is 9.97 Å². The van der Waals surface area contributed by atoms with Gasteiger partial charge in [-0.05, 0) is 43.6 Å². The first-order valence-corrected chi connectivity index (χ1v) is 7.40. The van der Waals surface area contributed by atoms with Gasteiger partial charge in [0, 0.05) is 25.0 Å². The number of hydrogen-bond acceptors (Lipinski definition) is 4. The second-order valence-corrected chi connectivity index (χ2v) is 6.00. The molecule has 1 aliphatic heterocycles. The SMILES string of the molecule is CCc1nc(N2C[C@H](C(=O)O)[C@@H](C3CC3)C2)ncc1C. The van der Waals surface area contributed by atoms with Crippen molar-refractivity contribution < 1.29 is 9.90 Å². The Bertz CT molecular complexity index is 528. The minimum absolute atomic E-state index is 0.266. The largest absolute Gasteiger partial charge is 0.481 e. The van der Waals surface area contributed by atoms with E-state index in [0.29, 0.717) is 18.4 Å². The quantitative estimate of drug-likeness (QED) is 0.909. The van der Waals surface area contributed by atoms with Crippen LogP contribution in [0.4, 0.5) is 5.95 Å². The lowest BCUT2D eigenvalue weighted by molar-refractivity contribution is -0.142. The summed E-state index contributed by atoms with van der Waals surface area (Å²) in [6, 6.07) is 0. The minimum Gasteiger partial charge on any atom is -0.481 e. The lowest BCUT2D eigenvalue weighted by atomic mass is 9.92. The molecule has 5 nitrogen and oxygen atoms in total. The van der Waals surface area contributed by atoms with Gasteiger partial charge in [-0.15, -0.1) is 0 Å². The van der Waals surface area contributed by atoms with Gasteiger partial charge in [0.05, 0.1) is 5.92 Å². The van der Waals surface area contributed by atoms with Crippen LogP contribution in [0.3, 0.4) is 0 Å². The molecular formula is C15H21N3O2. The molecule has 1 saturated carbocycles. The van der Waals surface area contributed by atoms with Gasteiger partial charge in [0.2, 0.25) is 5.95 Å². The first-order valence-electron chi connectivity index (χ1n) is 7.40. The van der Waals surface area contributed by atoms with Gasteiger partial charge in [0.1, 0.15) is 0 Å². The van der Waals surface area contributed by atoms with Gasteiger partial charge in [-0.3, -0.25) is 4.79 Å². The highest BCUT2D eigenvalue weighted by Crippen LogP contribution is 2.44. The highest BCUT2D eigenvalue weighted by Gasteiger charge is 2.46. The lowest BCUT2D eigenvalue weighted by Crippen LogP contribution is -2.25.